The number of rotatable bonds is 2. The van der Waals surface area contributed by atoms with E-state index in [2.05, 4.69) is 27.7 Å². The van der Waals surface area contributed by atoms with Gasteiger partial charge in [-0.05, 0) is 120 Å². The summed E-state index contributed by atoms with van der Waals surface area (Å²) in [5, 5.41) is 0. The molecule has 0 aromatic carbocycles. The lowest BCUT2D eigenvalue weighted by molar-refractivity contribution is -0.254. The zero-order valence-corrected chi connectivity index (χ0v) is 21.0. The molecule has 7 aliphatic carbocycles. The summed E-state index contributed by atoms with van der Waals surface area (Å²) >= 11 is 0. The van der Waals surface area contributed by atoms with Crippen molar-refractivity contribution in [2.75, 3.05) is 0 Å². The van der Waals surface area contributed by atoms with Crippen LogP contribution in [0.5, 0.6) is 0 Å². The predicted molar refractivity (Wildman–Crippen MR) is 129 cm³/mol. The zero-order valence-electron chi connectivity index (χ0n) is 21.0. The van der Waals surface area contributed by atoms with Crippen molar-refractivity contribution in [2.45, 2.75) is 98.3 Å². The lowest BCUT2D eigenvalue weighted by Gasteiger charge is -2.73. The average molecular weight is 423 g/mol. The smallest absolute Gasteiger partial charge is 0.0313 e. The van der Waals surface area contributed by atoms with Crippen molar-refractivity contribution < 1.29 is 0 Å². The van der Waals surface area contributed by atoms with Crippen molar-refractivity contribution in [3.63, 3.8) is 0 Å². The number of hydrogen-bond donors (Lipinski definition) is 0. The Labute approximate surface area is 193 Å². The van der Waals surface area contributed by atoms with Crippen molar-refractivity contribution in [3.05, 3.63) is 0 Å². The third-order valence-corrected chi connectivity index (χ3v) is 14.0. The lowest BCUT2D eigenvalue weighted by atomic mass is 9.31. The van der Waals surface area contributed by atoms with Gasteiger partial charge >= 0.3 is 0 Å². The SMILES string of the molecule is CCCC1CC2C3CCCC4CC5CCCC6CC7C(C)C(C)C(C1C)C2C7C(C56)C43. The van der Waals surface area contributed by atoms with Gasteiger partial charge < -0.3 is 0 Å². The van der Waals surface area contributed by atoms with E-state index in [-0.39, 0.29) is 0 Å². The molecule has 0 N–H and O–H groups in total. The second-order valence-corrected chi connectivity index (χ2v) is 14.4. The Morgan fingerprint density at radius 1 is 0.516 bits per heavy atom. The van der Waals surface area contributed by atoms with E-state index in [0.29, 0.717) is 0 Å². The van der Waals surface area contributed by atoms with Crippen molar-refractivity contribution in [1.29, 1.82) is 0 Å². The summed E-state index contributed by atoms with van der Waals surface area (Å²) in [6, 6.07) is 0. The van der Waals surface area contributed by atoms with Gasteiger partial charge in [-0.15, -0.1) is 0 Å². The molecular formula is C31H50. The minimum atomic E-state index is 0.985. The third-order valence-electron chi connectivity index (χ3n) is 14.0. The van der Waals surface area contributed by atoms with Gasteiger partial charge in [0.05, 0.1) is 0 Å². The first kappa shape index (κ1) is 20.4. The van der Waals surface area contributed by atoms with Crippen LogP contribution in [0.2, 0.25) is 0 Å². The molecule has 0 spiro atoms. The molecule has 0 aliphatic heterocycles. The van der Waals surface area contributed by atoms with Crippen molar-refractivity contribution in [3.8, 4) is 0 Å². The average Bonchev–Trinajstić information content (AvgIpc) is 2.78. The van der Waals surface area contributed by atoms with Crippen LogP contribution in [0.1, 0.15) is 98.3 Å². The standard InChI is InChI=1S/C31H50/c1-5-8-19-14-25-23-12-7-11-21-13-20-9-6-10-22-15-24-16(2)17(3)26(18(19)4)30(25)29(24)31(27(20)22)28(21)23/h16-31H,5-15H2,1-4H3. The summed E-state index contributed by atoms with van der Waals surface area (Å²) < 4.78 is 0. The molecule has 0 aromatic heterocycles. The van der Waals surface area contributed by atoms with E-state index in [9.17, 15) is 0 Å². The van der Waals surface area contributed by atoms with E-state index in [1.807, 2.05) is 0 Å². The van der Waals surface area contributed by atoms with E-state index in [0.717, 1.165) is 76.9 Å². The summed E-state index contributed by atoms with van der Waals surface area (Å²) in [7, 11) is 0. The molecule has 0 nitrogen and oxygen atoms in total. The monoisotopic (exact) mass is 422 g/mol. The van der Waals surface area contributed by atoms with Gasteiger partial charge in [0, 0.05) is 0 Å². The topological polar surface area (TPSA) is 0 Å². The largest absolute Gasteiger partial charge is 0.0654 e. The minimum absolute atomic E-state index is 0.985. The molecule has 7 fully saturated rings. The van der Waals surface area contributed by atoms with E-state index < -0.39 is 0 Å². The van der Waals surface area contributed by atoms with Gasteiger partial charge in [-0.3, -0.25) is 0 Å². The summed E-state index contributed by atoms with van der Waals surface area (Å²) in [5.74, 6) is 17.7. The van der Waals surface area contributed by atoms with Crippen molar-refractivity contribution in [2.24, 2.45) is 94.7 Å². The third kappa shape index (κ3) is 2.61. The second-order valence-electron chi connectivity index (χ2n) is 14.4. The van der Waals surface area contributed by atoms with Gasteiger partial charge in [-0.1, -0.05) is 72.6 Å². The zero-order chi connectivity index (χ0) is 21.0. The Balaban J connectivity index is 1.37. The Bertz CT molecular complexity index is 694. The maximum absolute atomic E-state index is 2.74. The van der Waals surface area contributed by atoms with Crippen LogP contribution in [0, 0.1) is 94.7 Å². The van der Waals surface area contributed by atoms with Gasteiger partial charge in [0.25, 0.3) is 0 Å². The van der Waals surface area contributed by atoms with E-state index in [1.54, 1.807) is 57.8 Å². The fraction of sp³-hybridized carbons (Fsp3) is 1.00. The molecule has 31 heavy (non-hydrogen) atoms. The quantitative estimate of drug-likeness (QED) is 0.419. The van der Waals surface area contributed by atoms with E-state index in [1.165, 1.54) is 30.6 Å². The molecule has 174 valence electrons. The lowest BCUT2D eigenvalue weighted by Crippen LogP contribution is -2.68. The van der Waals surface area contributed by atoms with Crippen molar-refractivity contribution in [1.82, 2.24) is 0 Å². The van der Waals surface area contributed by atoms with Crippen LogP contribution in [-0.2, 0) is 0 Å². The van der Waals surface area contributed by atoms with E-state index in [4.69, 9.17) is 0 Å². The molecule has 0 bridgehead atoms. The van der Waals surface area contributed by atoms with E-state index >= 15 is 0 Å². The highest BCUT2D eigenvalue weighted by Gasteiger charge is 2.68. The highest BCUT2D eigenvalue weighted by atomic mass is 14.7. The highest BCUT2D eigenvalue weighted by Crippen LogP contribution is 2.74. The Kier molecular flexibility index (Phi) is 4.76. The van der Waals surface area contributed by atoms with Gasteiger partial charge in [0.15, 0.2) is 0 Å². The van der Waals surface area contributed by atoms with Crippen LogP contribution in [-0.4, -0.2) is 0 Å². The maximum atomic E-state index is 2.74. The van der Waals surface area contributed by atoms with Gasteiger partial charge in [-0.25, -0.2) is 0 Å². The fourth-order valence-electron chi connectivity index (χ4n) is 13.4. The molecule has 0 aromatic rings. The number of hydrogen-bond acceptors (Lipinski definition) is 0. The number of fused-ring (bicyclic) bond motifs is 1. The molecule has 0 radical (unpaired) electrons. The summed E-state index contributed by atoms with van der Waals surface area (Å²) in [5.41, 5.74) is 0. The van der Waals surface area contributed by atoms with Crippen LogP contribution in [0.25, 0.3) is 0 Å². The first-order chi connectivity index (χ1) is 15.1. The second kappa shape index (κ2) is 7.25. The first-order valence-corrected chi connectivity index (χ1v) is 15.1. The van der Waals surface area contributed by atoms with Crippen LogP contribution < -0.4 is 0 Å². The van der Waals surface area contributed by atoms with Crippen LogP contribution >= 0.6 is 0 Å². The molecule has 7 saturated carbocycles. The summed E-state index contributed by atoms with van der Waals surface area (Å²) in [6.45, 7) is 10.7. The normalized spacial score (nSPS) is 63.9. The molecule has 16 atom stereocenters. The van der Waals surface area contributed by atoms with Gasteiger partial charge in [0.1, 0.15) is 0 Å². The van der Waals surface area contributed by atoms with Crippen LogP contribution in [0.15, 0.2) is 0 Å². The van der Waals surface area contributed by atoms with Crippen molar-refractivity contribution >= 4 is 0 Å². The maximum Gasteiger partial charge on any atom is -0.0313 e. The fourth-order valence-corrected chi connectivity index (χ4v) is 13.4. The van der Waals surface area contributed by atoms with Crippen LogP contribution in [0.4, 0.5) is 0 Å². The highest BCUT2D eigenvalue weighted by molar-refractivity contribution is 5.16. The molecule has 7 rings (SSSR count). The molecule has 0 amide bonds. The van der Waals surface area contributed by atoms with Crippen LogP contribution in [0.3, 0.4) is 0 Å². The molecular weight excluding hydrogens is 372 g/mol. The first-order valence-electron chi connectivity index (χ1n) is 15.1. The van der Waals surface area contributed by atoms with Gasteiger partial charge in [0.2, 0.25) is 0 Å². The summed E-state index contributed by atoms with van der Waals surface area (Å²) in [6.07, 6.45) is 17.5. The Morgan fingerprint density at radius 2 is 1.19 bits per heavy atom. The minimum Gasteiger partial charge on any atom is -0.0654 e. The molecule has 0 heteroatoms. The molecule has 0 heterocycles. The van der Waals surface area contributed by atoms with Gasteiger partial charge in [-0.2, -0.15) is 0 Å². The Morgan fingerprint density at radius 3 is 1.97 bits per heavy atom. The Hall–Kier alpha value is 0. The molecule has 7 aliphatic rings. The summed E-state index contributed by atoms with van der Waals surface area (Å²) in [4.78, 5) is 0. The predicted octanol–water partition coefficient (Wildman–Crippen LogP) is 8.31. The molecule has 16 unspecified atom stereocenters. The molecule has 0 saturated heterocycles.